The molecule has 9 rings (SSSR count). The molecular weight excluding hydrogens is 869 g/mol. The van der Waals surface area contributed by atoms with Crippen LogP contribution in [0.3, 0.4) is 0 Å². The molecule has 4 fully saturated rings. The molecule has 0 N–H and O–H groups in total. The molecule has 0 radical (unpaired) electrons. The zero-order chi connectivity index (χ0) is 50.9. The van der Waals surface area contributed by atoms with Gasteiger partial charge in [-0.05, 0) is 227 Å². The molecule has 4 bridgehead atoms. The second-order valence-corrected chi connectivity index (χ2v) is 24.8. The summed E-state index contributed by atoms with van der Waals surface area (Å²) >= 11 is 0. The summed E-state index contributed by atoms with van der Waals surface area (Å²) < 4.78 is 0. The molecule has 4 aliphatic rings. The molecule has 0 aliphatic heterocycles. The molecule has 5 aromatic rings. The molecule has 4 aliphatic carbocycles. The molecule has 2 nitrogen and oxygen atoms in total. The first kappa shape index (κ1) is 51.6. The lowest BCUT2D eigenvalue weighted by Crippen LogP contribution is -2.42. The summed E-state index contributed by atoms with van der Waals surface area (Å²) in [6, 6.07) is 34.5. The van der Waals surface area contributed by atoms with Gasteiger partial charge in [-0.25, -0.2) is 0 Å². The van der Waals surface area contributed by atoms with E-state index in [0.717, 1.165) is 41.2 Å². The third kappa shape index (κ3) is 10.7. The average Bonchev–Trinajstić information content (AvgIpc) is 3.32. The maximum Gasteiger partial charge on any atom is 0.0620 e. The van der Waals surface area contributed by atoms with Gasteiger partial charge in [0.2, 0.25) is 0 Å². The van der Waals surface area contributed by atoms with E-state index in [2.05, 4.69) is 239 Å². The molecular formula is C70H88N2. The van der Waals surface area contributed by atoms with E-state index in [1.807, 2.05) is 0 Å². The standard InChI is InChI=1S/C70H88N2/c1-13-19-60(23-17-20-47(3)4)71(33-16-15-21-49(7)14-2)67-63-31-27-59(70-43-53(11)36-56(46-70)37-54(12)44-70)40-66(63)68(72(62-24-18-22-50(8)38-62)61-29-25-57(26-30-61)48(5)6)64-32-28-58(39-65(64)67)69-41-51(9)34-55(45-69)35-52(10)42-69/h13-33,38-40,47-48,51-56H,34-37,41-46H2,1-12H3/b19-13-,20-17+,21-15-,33-16+,49-14-,60-23+. The van der Waals surface area contributed by atoms with Crippen LogP contribution in [0.2, 0.25) is 0 Å². The van der Waals surface area contributed by atoms with Crippen LogP contribution in [-0.4, -0.2) is 0 Å². The van der Waals surface area contributed by atoms with Crippen molar-refractivity contribution in [1.82, 2.24) is 0 Å². The first-order valence-electron chi connectivity index (χ1n) is 28.4. The van der Waals surface area contributed by atoms with Crippen molar-refractivity contribution >= 4 is 44.3 Å². The van der Waals surface area contributed by atoms with Crippen LogP contribution < -0.4 is 9.80 Å². The lowest BCUT2D eigenvalue weighted by Gasteiger charge is -2.51. The number of nitrogens with zero attached hydrogens (tertiary/aromatic N) is 2. The third-order valence-corrected chi connectivity index (χ3v) is 17.6. The van der Waals surface area contributed by atoms with Gasteiger partial charge in [0.15, 0.2) is 0 Å². The Morgan fingerprint density at radius 2 is 1.14 bits per heavy atom. The summed E-state index contributed by atoms with van der Waals surface area (Å²) in [6.45, 7) is 28.0. The Kier molecular flexibility index (Phi) is 15.5. The van der Waals surface area contributed by atoms with Crippen molar-refractivity contribution in [3.8, 4) is 0 Å². The van der Waals surface area contributed by atoms with Gasteiger partial charge in [0.25, 0.3) is 0 Å². The Morgan fingerprint density at radius 1 is 0.583 bits per heavy atom. The molecule has 0 saturated heterocycles. The van der Waals surface area contributed by atoms with Crippen molar-refractivity contribution in [3.63, 3.8) is 0 Å². The summed E-state index contributed by atoms with van der Waals surface area (Å²) in [5.74, 6) is 5.34. The van der Waals surface area contributed by atoms with Crippen LogP contribution in [0.25, 0.3) is 21.5 Å². The number of fused-ring (bicyclic) bond motifs is 6. The minimum absolute atomic E-state index is 0.161. The highest BCUT2D eigenvalue weighted by Gasteiger charge is 2.47. The maximum absolute atomic E-state index is 2.71. The van der Waals surface area contributed by atoms with Gasteiger partial charge in [-0.2, -0.15) is 0 Å². The molecule has 0 aromatic heterocycles. The van der Waals surface area contributed by atoms with Crippen LogP contribution in [0.4, 0.5) is 22.7 Å². The fraction of sp³-hybridized carbons (Fsp3) is 0.457. The zero-order valence-corrected chi connectivity index (χ0v) is 46.4. The first-order chi connectivity index (χ1) is 34.6. The lowest BCUT2D eigenvalue weighted by atomic mass is 9.54. The molecule has 5 aromatic carbocycles. The average molecular weight is 957 g/mol. The normalized spacial score (nSPS) is 27.2. The number of allylic oxidation sites excluding steroid dienone is 10. The van der Waals surface area contributed by atoms with E-state index in [9.17, 15) is 0 Å². The minimum atomic E-state index is 0.161. The minimum Gasteiger partial charge on any atom is -0.316 e. The quantitative estimate of drug-likeness (QED) is 0.0622. The number of aryl methyl sites for hydroxylation is 1. The fourth-order valence-electron chi connectivity index (χ4n) is 15.1. The van der Waals surface area contributed by atoms with E-state index < -0.39 is 0 Å². The van der Waals surface area contributed by atoms with E-state index in [-0.39, 0.29) is 10.8 Å². The van der Waals surface area contributed by atoms with Gasteiger partial charge < -0.3 is 9.80 Å². The van der Waals surface area contributed by atoms with Crippen molar-refractivity contribution in [3.05, 3.63) is 179 Å². The second kappa shape index (κ2) is 21.6. The molecule has 2 heteroatoms. The molecule has 0 amide bonds. The summed E-state index contributed by atoms with van der Waals surface area (Å²) in [4.78, 5) is 5.18. The van der Waals surface area contributed by atoms with Crippen LogP contribution in [0.5, 0.6) is 0 Å². The zero-order valence-electron chi connectivity index (χ0n) is 46.4. The Morgan fingerprint density at radius 3 is 1.65 bits per heavy atom. The predicted molar refractivity (Wildman–Crippen MR) is 315 cm³/mol. The summed E-state index contributed by atoms with van der Waals surface area (Å²) in [5.41, 5.74) is 13.4. The van der Waals surface area contributed by atoms with Crippen molar-refractivity contribution in [2.24, 2.45) is 41.4 Å². The molecule has 0 heterocycles. The monoisotopic (exact) mass is 957 g/mol. The maximum atomic E-state index is 2.71. The van der Waals surface area contributed by atoms with Crippen molar-refractivity contribution in [2.75, 3.05) is 9.80 Å². The smallest absolute Gasteiger partial charge is 0.0620 e. The largest absolute Gasteiger partial charge is 0.316 e. The van der Waals surface area contributed by atoms with Crippen LogP contribution in [0.15, 0.2) is 157 Å². The molecule has 4 unspecified atom stereocenters. The van der Waals surface area contributed by atoms with E-state index in [1.54, 1.807) is 0 Å². The highest BCUT2D eigenvalue weighted by Crippen LogP contribution is 2.58. The van der Waals surface area contributed by atoms with Gasteiger partial charge in [-0.15, -0.1) is 0 Å². The predicted octanol–water partition coefficient (Wildman–Crippen LogP) is 20.6. The van der Waals surface area contributed by atoms with Gasteiger partial charge in [-0.3, -0.25) is 0 Å². The van der Waals surface area contributed by atoms with Gasteiger partial charge >= 0.3 is 0 Å². The lowest BCUT2D eigenvalue weighted by molar-refractivity contribution is 0.0779. The Bertz CT molecular complexity index is 2870. The van der Waals surface area contributed by atoms with Gasteiger partial charge in [0.1, 0.15) is 0 Å². The summed E-state index contributed by atoms with van der Waals surface area (Å²) in [5, 5.41) is 5.24. The highest BCUT2D eigenvalue weighted by atomic mass is 15.2. The van der Waals surface area contributed by atoms with Crippen molar-refractivity contribution in [1.29, 1.82) is 0 Å². The number of rotatable bonds is 14. The first-order valence-corrected chi connectivity index (χ1v) is 28.4. The number of benzene rings is 5. The van der Waals surface area contributed by atoms with Crippen molar-refractivity contribution in [2.45, 2.75) is 164 Å². The van der Waals surface area contributed by atoms with E-state index in [0.29, 0.717) is 11.8 Å². The van der Waals surface area contributed by atoms with E-state index >= 15 is 0 Å². The SMILES string of the molecule is C\C=C/C(=C\C=C\C(C)C)N(/C=C/C=C\C(C)=C/C)c1c2cc(C34CC(C)CC(CC(C)C3)C4)ccc2c(N(c2ccc(C(C)C)cc2)c2cccc(C)c2)c2cc(C34CC(C)CC(CC(C)C3)C4)ccc12. The highest BCUT2D eigenvalue weighted by molar-refractivity contribution is 6.22. The van der Waals surface area contributed by atoms with Gasteiger partial charge in [-0.1, -0.05) is 146 Å². The van der Waals surface area contributed by atoms with Gasteiger partial charge in [0, 0.05) is 44.8 Å². The van der Waals surface area contributed by atoms with Crippen LogP contribution in [0, 0.1) is 48.3 Å². The number of hydrogen-bond donors (Lipinski definition) is 0. The fourth-order valence-corrected chi connectivity index (χ4v) is 15.1. The molecule has 0 spiro atoms. The number of hydrogen-bond acceptors (Lipinski definition) is 2. The topological polar surface area (TPSA) is 6.48 Å². The molecule has 378 valence electrons. The van der Waals surface area contributed by atoms with Crippen molar-refractivity contribution < 1.29 is 0 Å². The van der Waals surface area contributed by atoms with Crippen LogP contribution in [-0.2, 0) is 10.8 Å². The molecule has 72 heavy (non-hydrogen) atoms. The van der Waals surface area contributed by atoms with Gasteiger partial charge in [0.05, 0.1) is 11.4 Å². The summed E-state index contributed by atoms with van der Waals surface area (Å²) in [6.07, 6.45) is 35.8. The van der Waals surface area contributed by atoms with E-state index in [1.165, 1.54) is 136 Å². The summed E-state index contributed by atoms with van der Waals surface area (Å²) in [7, 11) is 0. The van der Waals surface area contributed by atoms with Crippen LogP contribution >= 0.6 is 0 Å². The van der Waals surface area contributed by atoms with E-state index in [4.69, 9.17) is 0 Å². The third-order valence-electron chi connectivity index (χ3n) is 17.6. The second-order valence-electron chi connectivity index (χ2n) is 24.8. The van der Waals surface area contributed by atoms with Crippen LogP contribution in [0.1, 0.15) is 169 Å². The Labute approximate surface area is 436 Å². The molecule has 4 saturated carbocycles. The molecule has 4 atom stereocenters. The number of anilines is 4. The Hall–Kier alpha value is -5.34. The Balaban J connectivity index is 1.45.